The second-order valence-corrected chi connectivity index (χ2v) is 8.13. The van der Waals surface area contributed by atoms with Gasteiger partial charge in [-0.15, -0.1) is 0 Å². The molecule has 3 unspecified atom stereocenters. The molecule has 0 bridgehead atoms. The largest absolute Gasteiger partial charge is 0.481 e. The lowest BCUT2D eigenvalue weighted by Gasteiger charge is -2.42. The van der Waals surface area contributed by atoms with Crippen molar-refractivity contribution in [3.63, 3.8) is 0 Å². The van der Waals surface area contributed by atoms with E-state index in [2.05, 4.69) is 16.0 Å². The Labute approximate surface area is 201 Å². The van der Waals surface area contributed by atoms with E-state index in [0.717, 1.165) is 13.8 Å². The first kappa shape index (κ1) is 31.9. The van der Waals surface area contributed by atoms with Gasteiger partial charge >= 0.3 is 5.97 Å². The molecule has 0 rings (SSSR count). The Hall–Kier alpha value is -3.14. The number of aliphatic hydroxyl groups excluding tert-OH is 3. The minimum Gasteiger partial charge on any atom is -0.481 e. The fraction of sp³-hybridized carbons (Fsp3) is 0.700. The van der Waals surface area contributed by atoms with E-state index in [1.807, 2.05) is 0 Å². The summed E-state index contributed by atoms with van der Waals surface area (Å²) < 4.78 is 0. The summed E-state index contributed by atoms with van der Waals surface area (Å²) >= 11 is 0. The number of carboxylic acid groups (broad SMARTS) is 1. The Morgan fingerprint density at radius 3 is 2.06 bits per heavy atom. The predicted molar refractivity (Wildman–Crippen MR) is 117 cm³/mol. The zero-order chi connectivity index (χ0) is 27.5. The molecule has 0 spiro atoms. The van der Waals surface area contributed by atoms with Crippen LogP contribution < -0.4 is 21.7 Å². The third-order valence-electron chi connectivity index (χ3n) is 5.49. The summed E-state index contributed by atoms with van der Waals surface area (Å²) in [5.41, 5.74) is 2.39. The summed E-state index contributed by atoms with van der Waals surface area (Å²) in [4.78, 5) is 70.2. The van der Waals surface area contributed by atoms with Crippen LogP contribution in [0.1, 0.15) is 33.6 Å². The Morgan fingerprint density at radius 2 is 1.63 bits per heavy atom. The zero-order valence-corrected chi connectivity index (χ0v) is 19.6. The molecule has 0 aliphatic carbocycles. The molecule has 10 N–H and O–H groups in total. The smallest absolute Gasteiger partial charge is 0.303 e. The number of aliphatic hydroxyl groups is 4. The number of carbonyl (C=O) groups is 6. The van der Waals surface area contributed by atoms with Crippen molar-refractivity contribution < 1.29 is 54.3 Å². The van der Waals surface area contributed by atoms with Crippen molar-refractivity contribution in [3.8, 4) is 0 Å². The van der Waals surface area contributed by atoms with Gasteiger partial charge < -0.3 is 52.0 Å². The summed E-state index contributed by atoms with van der Waals surface area (Å²) in [6.45, 7) is 1.93. The average molecular weight is 507 g/mol. The van der Waals surface area contributed by atoms with Crippen LogP contribution in [0.2, 0.25) is 0 Å². The number of rotatable bonds is 16. The fourth-order valence-corrected chi connectivity index (χ4v) is 3.23. The molecular weight excluding hydrogens is 472 g/mol. The third kappa shape index (κ3) is 9.20. The van der Waals surface area contributed by atoms with E-state index in [4.69, 9.17) is 15.9 Å². The van der Waals surface area contributed by atoms with E-state index in [1.54, 1.807) is 0 Å². The number of hydrogen-bond donors (Lipinski definition) is 9. The summed E-state index contributed by atoms with van der Waals surface area (Å²) in [6, 6.07) is -3.16. The number of nitrogens with one attached hydrogen (secondary N) is 3. The average Bonchev–Trinajstić information content (AvgIpc) is 2.79. The first-order valence-corrected chi connectivity index (χ1v) is 10.6. The van der Waals surface area contributed by atoms with Gasteiger partial charge in [0.1, 0.15) is 36.2 Å². The van der Waals surface area contributed by atoms with Crippen molar-refractivity contribution in [2.75, 3.05) is 13.2 Å². The molecule has 0 aromatic heterocycles. The minimum atomic E-state index is -2.80. The maximum absolute atomic E-state index is 12.8. The minimum absolute atomic E-state index is 0.0374. The lowest BCUT2D eigenvalue weighted by atomic mass is 9.75. The Balaban J connectivity index is 5.53. The quantitative estimate of drug-likeness (QED) is 0.0898. The van der Waals surface area contributed by atoms with Crippen LogP contribution in [0.4, 0.5) is 0 Å². The van der Waals surface area contributed by atoms with E-state index in [0.29, 0.717) is 0 Å². The molecule has 0 radical (unpaired) electrons. The van der Waals surface area contributed by atoms with Crippen molar-refractivity contribution >= 4 is 35.9 Å². The molecule has 35 heavy (non-hydrogen) atoms. The van der Waals surface area contributed by atoms with E-state index in [1.165, 1.54) is 6.92 Å². The highest BCUT2D eigenvalue weighted by atomic mass is 16.4. The number of amides is 4. The van der Waals surface area contributed by atoms with E-state index >= 15 is 0 Å². The van der Waals surface area contributed by atoms with Crippen LogP contribution in [0.3, 0.4) is 0 Å². The Bertz CT molecular complexity index is 793. The number of aliphatic carboxylic acids is 1. The normalized spacial score (nSPS) is 17.9. The molecule has 0 saturated carbocycles. The van der Waals surface area contributed by atoms with Gasteiger partial charge in [0.2, 0.25) is 23.6 Å². The Kier molecular flexibility index (Phi) is 13.0. The van der Waals surface area contributed by atoms with Crippen molar-refractivity contribution in [2.45, 2.75) is 63.5 Å². The van der Waals surface area contributed by atoms with Gasteiger partial charge in [0.05, 0.1) is 18.4 Å². The number of nitrogens with two attached hydrogens (primary N) is 1. The summed E-state index contributed by atoms with van der Waals surface area (Å²) in [5, 5.41) is 55.8. The molecule has 0 saturated heterocycles. The van der Waals surface area contributed by atoms with Gasteiger partial charge in [0.25, 0.3) is 0 Å². The zero-order valence-electron chi connectivity index (χ0n) is 19.6. The molecule has 0 aliphatic heterocycles. The number of hydrogen-bond acceptors (Lipinski definition) is 10. The first-order valence-electron chi connectivity index (χ1n) is 10.6. The van der Waals surface area contributed by atoms with Crippen LogP contribution in [0.25, 0.3) is 0 Å². The molecule has 0 aromatic carbocycles. The molecule has 0 aromatic rings. The molecular formula is C20H34N4O11. The SMILES string of the molecule is CC(=O)N[C@@H](C=O)[C@](O)(C(C)C(=O)NC(C)C(=O)NCC(CCC(=O)O)C(N)=O)[C@H](O)[C@H](O)CO. The number of aldehydes is 1. The second-order valence-electron chi connectivity index (χ2n) is 8.13. The van der Waals surface area contributed by atoms with Crippen LogP contribution in [0.15, 0.2) is 0 Å². The van der Waals surface area contributed by atoms with Gasteiger partial charge in [-0.2, -0.15) is 0 Å². The molecule has 0 fully saturated rings. The van der Waals surface area contributed by atoms with Crippen molar-refractivity contribution in [2.24, 2.45) is 17.6 Å². The van der Waals surface area contributed by atoms with Crippen molar-refractivity contribution in [1.82, 2.24) is 16.0 Å². The van der Waals surface area contributed by atoms with Crippen LogP contribution in [-0.2, 0) is 28.8 Å². The second kappa shape index (κ2) is 14.3. The first-order chi connectivity index (χ1) is 16.1. The van der Waals surface area contributed by atoms with Gasteiger partial charge in [-0.05, 0) is 13.3 Å². The lowest BCUT2D eigenvalue weighted by Crippen LogP contribution is -2.68. The van der Waals surface area contributed by atoms with Gasteiger partial charge in [-0.25, -0.2) is 0 Å². The molecule has 7 atom stereocenters. The highest BCUT2D eigenvalue weighted by molar-refractivity contribution is 5.89. The highest BCUT2D eigenvalue weighted by Gasteiger charge is 2.53. The summed E-state index contributed by atoms with van der Waals surface area (Å²) in [6.07, 6.45) is -4.72. The monoisotopic (exact) mass is 506 g/mol. The summed E-state index contributed by atoms with van der Waals surface area (Å²) in [7, 11) is 0. The van der Waals surface area contributed by atoms with Gasteiger partial charge in [-0.1, -0.05) is 6.92 Å². The molecule has 4 amide bonds. The predicted octanol–water partition coefficient (Wildman–Crippen LogP) is -4.64. The Morgan fingerprint density at radius 1 is 1.06 bits per heavy atom. The van der Waals surface area contributed by atoms with Crippen LogP contribution in [0.5, 0.6) is 0 Å². The van der Waals surface area contributed by atoms with E-state index in [9.17, 15) is 44.1 Å². The number of carbonyl (C=O) groups excluding carboxylic acids is 5. The topological polar surface area (TPSA) is 266 Å². The van der Waals surface area contributed by atoms with Crippen molar-refractivity contribution in [1.29, 1.82) is 0 Å². The maximum atomic E-state index is 12.8. The van der Waals surface area contributed by atoms with E-state index in [-0.39, 0.29) is 25.7 Å². The maximum Gasteiger partial charge on any atom is 0.303 e. The molecule has 200 valence electrons. The molecule has 15 heteroatoms. The number of primary amides is 1. The number of carboxylic acids is 1. The van der Waals surface area contributed by atoms with Crippen LogP contribution in [0, 0.1) is 11.8 Å². The molecule has 0 heterocycles. The van der Waals surface area contributed by atoms with Gasteiger partial charge in [0, 0.05) is 19.9 Å². The van der Waals surface area contributed by atoms with E-state index < -0.39 is 77.9 Å². The van der Waals surface area contributed by atoms with Crippen LogP contribution in [-0.4, -0.2) is 104 Å². The summed E-state index contributed by atoms with van der Waals surface area (Å²) in [5.74, 6) is -7.39. The standard InChI is InChI=1S/C20H34N4O11/c1-9(20(35,16(31)13(28)7-25)14(8-26)24-11(3)27)18(33)23-10(2)19(34)22-6-12(17(21)32)4-5-15(29)30/h8-10,12-14,16,25,28,31,35H,4-7H2,1-3H3,(H2,21,32)(H,22,34)(H,23,33)(H,24,27)(H,29,30)/t9?,10?,12?,13-,14+,16-,20-/m1/s1. The lowest BCUT2D eigenvalue weighted by molar-refractivity contribution is -0.181. The van der Waals surface area contributed by atoms with Gasteiger partial charge in [0.15, 0.2) is 0 Å². The molecule has 15 nitrogen and oxygen atoms in total. The van der Waals surface area contributed by atoms with Crippen LogP contribution >= 0.6 is 0 Å². The highest BCUT2D eigenvalue weighted by Crippen LogP contribution is 2.28. The fourth-order valence-electron chi connectivity index (χ4n) is 3.23. The molecule has 0 aliphatic rings. The van der Waals surface area contributed by atoms with Gasteiger partial charge in [-0.3, -0.25) is 24.0 Å². The van der Waals surface area contributed by atoms with Crippen molar-refractivity contribution in [3.05, 3.63) is 0 Å². The third-order valence-corrected chi connectivity index (χ3v) is 5.49.